The molecule has 22 rings (SSSR count). The van der Waals surface area contributed by atoms with Gasteiger partial charge in [-0.3, -0.25) is 10.1 Å². The molecule has 16 aromatic rings. The molecule has 6 aliphatic heterocycles. The van der Waals surface area contributed by atoms with Gasteiger partial charge in [0, 0.05) is 222 Å². The Morgan fingerprint density at radius 3 is 1.20 bits per heavy atom. The highest BCUT2D eigenvalue weighted by atomic mass is 35.5. The molecule has 0 radical (unpaired) electrons. The Labute approximate surface area is 870 Å². The molecule has 0 aliphatic carbocycles. The van der Waals surface area contributed by atoms with Crippen LogP contribution in [0.25, 0.3) is 88.6 Å². The van der Waals surface area contributed by atoms with E-state index in [0.29, 0.717) is 156 Å². The lowest BCUT2D eigenvalue weighted by molar-refractivity contribution is 0.0958. The first-order valence-corrected chi connectivity index (χ1v) is 50.5. The van der Waals surface area contributed by atoms with Gasteiger partial charge in [0.05, 0.1) is 79.4 Å². The Kier molecular flexibility index (Phi) is 31.3. The summed E-state index contributed by atoms with van der Waals surface area (Å²) in [6.07, 6.45) is 30.4. The summed E-state index contributed by atoms with van der Waals surface area (Å²) in [5.41, 5.74) is 16.0. The number of urea groups is 4. The van der Waals surface area contributed by atoms with Gasteiger partial charge in [-0.05, 0) is 156 Å². The Bertz CT molecular complexity index is 7620. The number of ketones is 1. The number of carbonyl (C=O) groups excluding carboxylic acids is 6. The van der Waals surface area contributed by atoms with Crippen LogP contribution in [0.5, 0.6) is 0 Å². The molecule has 36 nitrogen and oxygen atoms in total. The lowest BCUT2D eigenvalue weighted by Crippen LogP contribution is -2.53. The van der Waals surface area contributed by atoms with Crippen molar-refractivity contribution >= 4 is 167 Å². The van der Waals surface area contributed by atoms with E-state index in [4.69, 9.17) is 62.8 Å². The number of aromatic amines is 4. The second-order valence-electron chi connectivity index (χ2n) is 36.9. The minimum Gasteiger partial charge on any atom is -0.360 e. The number of anilines is 7. The molecule has 148 heavy (non-hydrogen) atoms. The zero-order valence-corrected chi connectivity index (χ0v) is 84.0. The molecule has 6 aliphatic rings. The molecule has 0 bridgehead atoms. The summed E-state index contributed by atoms with van der Waals surface area (Å²) < 4.78 is 14.1. The molecular weight excluding hydrogens is 1960 g/mol. The van der Waals surface area contributed by atoms with Crippen LogP contribution >= 0.6 is 46.4 Å². The van der Waals surface area contributed by atoms with Gasteiger partial charge in [0.25, 0.3) is 0 Å². The highest BCUT2D eigenvalue weighted by Crippen LogP contribution is 2.40. The molecule has 13 N–H and O–H groups in total. The van der Waals surface area contributed by atoms with Crippen LogP contribution in [0.4, 0.5) is 69.3 Å². The standard InChI is InChI=1S/C29H34ClN9O2.C28H28ClN7O.C26H24ClFN6O2.C24H21ClN8O/c1-18-15-19(2)39(36-18)29(41)38-13-9-21(10-14-38)34-28(40)37-11-7-20(8-12-37)33-27-32-17-24(30)26(35-27)23-16-31-25-6-4-3-5-22(23)25;1-2-24-21-13-19(8-7-17(21)14-30-24)34-28(37)36-11-9-18(10-12-36)33-27-32-16-23(29)26(35-27)22-15-31-25-6-4-3-5-20(22)25;27-21-15-30-25(33-24(21)20-14-29-22-7-2-1-6-19(20)22)31-17-8-10-34(11-9-17)26(36)32-18-5-3-4-16(12-18)23(35)13-28;1-2-20-26-10-7-21(30-20)31-24(34)33-11-8-15(9-12-33)29-23-28-14-18(25)22(32-23)17-13-27-19-6-4-3-5-16(17)19/h3-6,15-17,20-21,31H,7-14H2,1-2H3,(H,34,40)(H,32,33,35);2-8,13,15-16,18,24,30-31H,1,9-12,14H2,(H,34,37)(H,32,33,35);1-7,12,14-15,17,29H,8-11,13H2,(H,32,36)(H,30,31,33);1,3-7,10,13-15,27H,8-9,11-12H2,(H,28,29,32)(H,26,30,31,34). The maximum absolute atomic E-state index is 13.0. The fraction of sp³-hybridized carbons (Fsp3) is 0.280. The van der Waals surface area contributed by atoms with Gasteiger partial charge in [-0.25, -0.2) is 78.2 Å². The van der Waals surface area contributed by atoms with E-state index >= 15 is 0 Å². The summed E-state index contributed by atoms with van der Waals surface area (Å²) in [4.78, 5) is 142. The number of alkyl halides is 1. The summed E-state index contributed by atoms with van der Waals surface area (Å²) in [5.74, 6) is 4.41. The average molecular weight is 2070 g/mol. The van der Waals surface area contributed by atoms with Crippen molar-refractivity contribution in [2.45, 2.75) is 121 Å². The minimum absolute atomic E-state index is 0.0452. The van der Waals surface area contributed by atoms with E-state index in [1.54, 1.807) is 52.8 Å². The second-order valence-corrected chi connectivity index (χ2v) is 38.5. The number of benzene rings is 6. The summed E-state index contributed by atoms with van der Waals surface area (Å²) in [5, 5.41) is 39.3. The lowest BCUT2D eigenvalue weighted by Gasteiger charge is -2.36. The first kappa shape index (κ1) is 101. The summed E-state index contributed by atoms with van der Waals surface area (Å²) in [6.45, 7) is 13.4. The van der Waals surface area contributed by atoms with E-state index in [1.165, 1.54) is 34.1 Å². The number of aromatic nitrogens is 16. The number of nitrogens with one attached hydrogen (secondary N) is 13. The van der Waals surface area contributed by atoms with Crippen molar-refractivity contribution in [2.75, 3.05) is 109 Å². The van der Waals surface area contributed by atoms with Gasteiger partial charge >= 0.3 is 30.2 Å². The SMILES string of the molecule is C#Cc1nccc(NC(=O)N2CCC(Nc3ncc(Cl)c(-c4c[nH]c5ccccc45)n3)CC2)n1.C=CC1NCc2ccc(NC(=O)N3CCC(Nc4ncc(Cl)c(-c5c[nH]c6ccccc56)n4)CC3)cc21.Cc1cc(C)n(C(=O)N2CCC(NC(=O)N3CCC(Nc4ncc(Cl)c(-c5c[nH]c6ccccc56)n4)CC3)CC2)n1.O=C(CF)c1cccc(NC(=O)N2CCC(Nc3ncc(Cl)c(-c4c[nH]c5ccccc45)n3)CC2)c1. The molecule has 6 aromatic carbocycles. The van der Waals surface area contributed by atoms with Gasteiger partial charge in [0.1, 0.15) is 5.82 Å². The maximum Gasteiger partial charge on any atom is 0.344 e. The molecule has 0 spiro atoms. The maximum atomic E-state index is 13.0. The minimum atomic E-state index is -1.07. The van der Waals surface area contributed by atoms with E-state index in [0.717, 1.165) is 141 Å². The Balaban J connectivity index is 0.000000124. The number of nitrogens with zero attached hydrogens (tertiary/aromatic N) is 17. The smallest absolute Gasteiger partial charge is 0.344 e. The van der Waals surface area contributed by atoms with E-state index in [9.17, 15) is 33.2 Å². The summed E-state index contributed by atoms with van der Waals surface area (Å²) >= 11 is 25.8. The van der Waals surface area contributed by atoms with Crippen molar-refractivity contribution in [3.05, 3.63) is 274 Å². The molecule has 1 atom stereocenters. The van der Waals surface area contributed by atoms with Gasteiger partial charge in [-0.15, -0.1) is 13.0 Å². The lowest BCUT2D eigenvalue weighted by atomic mass is 10.0. The molecule has 756 valence electrons. The molecule has 5 saturated heterocycles. The quantitative estimate of drug-likeness (QED) is 0.0203. The number of rotatable bonds is 19. The van der Waals surface area contributed by atoms with Gasteiger partial charge in [0.2, 0.25) is 29.6 Å². The summed E-state index contributed by atoms with van der Waals surface area (Å²) in [6, 6.07) is 47.9. The molecular formula is C107H107Cl4FN30O6. The van der Waals surface area contributed by atoms with Gasteiger partial charge < -0.3 is 87.0 Å². The topological polar surface area (TPSA) is 437 Å². The van der Waals surface area contributed by atoms with Crippen LogP contribution < -0.4 is 47.9 Å². The van der Waals surface area contributed by atoms with Crippen molar-refractivity contribution in [3.63, 3.8) is 0 Å². The number of H-pyrrole nitrogens is 4. The number of halogens is 5. The van der Waals surface area contributed by atoms with Crippen LogP contribution in [0.15, 0.2) is 220 Å². The fourth-order valence-electron chi connectivity index (χ4n) is 19.2. The Morgan fingerprint density at radius 1 is 0.439 bits per heavy atom. The normalized spacial score (nSPS) is 15.7. The van der Waals surface area contributed by atoms with Crippen molar-refractivity contribution in [1.29, 1.82) is 0 Å². The first-order valence-electron chi connectivity index (χ1n) is 49.0. The number of likely N-dealkylation sites (tertiary alicyclic amines) is 5. The van der Waals surface area contributed by atoms with Crippen molar-refractivity contribution in [1.82, 2.24) is 115 Å². The summed E-state index contributed by atoms with van der Waals surface area (Å²) in [7, 11) is 0. The zero-order chi connectivity index (χ0) is 102. The largest absolute Gasteiger partial charge is 0.360 e. The van der Waals surface area contributed by atoms with Gasteiger partial charge in [-0.1, -0.05) is 143 Å². The average Bonchev–Trinajstić information content (AvgIpc) is 1.63. The third kappa shape index (κ3) is 23.7. The second kappa shape index (κ2) is 46.1. The highest BCUT2D eigenvalue weighted by Gasteiger charge is 2.34. The van der Waals surface area contributed by atoms with Gasteiger partial charge in [0.15, 0.2) is 12.5 Å². The Morgan fingerprint density at radius 2 is 0.818 bits per heavy atom. The third-order valence-electron chi connectivity index (χ3n) is 27.2. The highest BCUT2D eigenvalue weighted by molar-refractivity contribution is 6.35. The zero-order valence-electron chi connectivity index (χ0n) is 81.0. The van der Waals surface area contributed by atoms with Crippen molar-refractivity contribution < 1.29 is 33.2 Å². The number of hydrogen-bond acceptors (Lipinski definition) is 22. The van der Waals surface area contributed by atoms with Crippen LogP contribution in [0.1, 0.15) is 109 Å². The van der Waals surface area contributed by atoms with Crippen LogP contribution in [-0.4, -0.2) is 242 Å². The predicted octanol–water partition coefficient (Wildman–Crippen LogP) is 20.2. The Hall–Kier alpha value is -16.1. The first-order chi connectivity index (χ1) is 72.1. The van der Waals surface area contributed by atoms with Crippen molar-refractivity contribution in [3.8, 4) is 57.4 Å². The van der Waals surface area contributed by atoms with E-state index in [1.807, 2.05) is 175 Å². The molecule has 1 unspecified atom stereocenters. The van der Waals surface area contributed by atoms with Crippen LogP contribution in [0.2, 0.25) is 20.1 Å². The van der Waals surface area contributed by atoms with E-state index < -0.39 is 12.5 Å². The molecule has 16 heterocycles. The molecule has 10 aromatic heterocycles. The van der Waals surface area contributed by atoms with E-state index in [-0.39, 0.29) is 77.8 Å². The molecule has 9 amide bonds. The predicted molar refractivity (Wildman–Crippen MR) is 576 cm³/mol. The molecule has 41 heteroatoms. The number of fused-ring (bicyclic) bond motifs is 5. The van der Waals surface area contributed by atoms with Crippen LogP contribution in [0.3, 0.4) is 0 Å². The number of aryl methyl sites for hydroxylation is 2. The van der Waals surface area contributed by atoms with E-state index in [2.05, 4.69) is 131 Å². The molecule has 5 fully saturated rings. The van der Waals surface area contributed by atoms with Gasteiger partial charge in [-0.2, -0.15) is 9.78 Å². The fourth-order valence-corrected chi connectivity index (χ4v) is 20.0. The number of terminal acetylenes is 1. The number of piperidine rings is 5. The van der Waals surface area contributed by atoms with Crippen LogP contribution in [-0.2, 0) is 6.54 Å². The number of carbonyl (C=O) groups is 6. The third-order valence-corrected chi connectivity index (χ3v) is 28.3. The van der Waals surface area contributed by atoms with Crippen molar-refractivity contribution in [2.24, 2.45) is 0 Å². The number of hydrogen-bond donors (Lipinski definition) is 13. The monoisotopic (exact) mass is 2070 g/mol. The number of amides is 9. The number of para-hydroxylation sites is 4. The number of Topliss-reactive ketones (excluding diaryl/α,β-unsaturated/α-hetero) is 1. The molecule has 0 saturated carbocycles. The van der Waals surface area contributed by atoms with Crippen LogP contribution in [0, 0.1) is 26.2 Å².